The highest BCUT2D eigenvalue weighted by Crippen LogP contribution is 2.25. The number of halogens is 1. The lowest BCUT2D eigenvalue weighted by Crippen LogP contribution is -2.13. The fourth-order valence-electron chi connectivity index (χ4n) is 2.72. The molecular weight excluding hydrogens is 356 g/mol. The number of nitrogens with zero attached hydrogens (tertiary/aromatic N) is 2. The van der Waals surface area contributed by atoms with E-state index in [-0.39, 0.29) is 16.6 Å². The zero-order valence-electron chi connectivity index (χ0n) is 13.6. The van der Waals surface area contributed by atoms with E-state index in [4.69, 9.17) is 16.0 Å². The van der Waals surface area contributed by atoms with Crippen LogP contribution in [-0.4, -0.2) is 20.7 Å². The van der Waals surface area contributed by atoms with E-state index in [0.717, 1.165) is 5.69 Å². The average Bonchev–Trinajstić information content (AvgIpc) is 3.13. The number of rotatable bonds is 3. The van der Waals surface area contributed by atoms with E-state index in [1.807, 2.05) is 30.3 Å². The van der Waals surface area contributed by atoms with E-state index >= 15 is 0 Å². The summed E-state index contributed by atoms with van der Waals surface area (Å²) in [6.07, 6.45) is 0. The first kappa shape index (κ1) is 16.2. The predicted molar refractivity (Wildman–Crippen MR) is 98.1 cm³/mol. The van der Waals surface area contributed by atoms with E-state index in [1.54, 1.807) is 25.1 Å². The zero-order chi connectivity index (χ0) is 18.3. The topological polar surface area (TPSA) is 92.9 Å². The minimum atomic E-state index is -0.550. The summed E-state index contributed by atoms with van der Waals surface area (Å²) in [4.78, 5) is 26.5. The number of aromatic amines is 1. The monoisotopic (exact) mass is 368 g/mol. The van der Waals surface area contributed by atoms with Crippen molar-refractivity contribution in [3.05, 3.63) is 75.5 Å². The molecule has 2 aromatic carbocycles. The van der Waals surface area contributed by atoms with Crippen LogP contribution in [0, 0.1) is 6.92 Å². The summed E-state index contributed by atoms with van der Waals surface area (Å²) in [6.45, 7) is 1.72. The molecule has 0 aliphatic rings. The molecule has 2 heterocycles. The Morgan fingerprint density at radius 2 is 2.00 bits per heavy atom. The van der Waals surface area contributed by atoms with Gasteiger partial charge in [-0.2, -0.15) is 5.10 Å². The van der Waals surface area contributed by atoms with Gasteiger partial charge in [-0.25, -0.2) is 9.48 Å². The molecule has 4 rings (SSSR count). The van der Waals surface area contributed by atoms with Crippen LogP contribution < -0.4 is 11.1 Å². The lowest BCUT2D eigenvalue weighted by atomic mass is 10.2. The molecule has 0 atom stereocenters. The van der Waals surface area contributed by atoms with E-state index in [9.17, 15) is 9.59 Å². The molecule has 2 aromatic heterocycles. The number of amides is 1. The molecule has 1 amide bonds. The summed E-state index contributed by atoms with van der Waals surface area (Å²) in [7, 11) is 0. The van der Waals surface area contributed by atoms with Gasteiger partial charge < -0.3 is 9.73 Å². The fourth-order valence-corrected chi connectivity index (χ4v) is 3.08. The number of oxazole rings is 1. The van der Waals surface area contributed by atoms with E-state index < -0.39 is 5.76 Å². The first-order valence-corrected chi connectivity index (χ1v) is 8.15. The normalized spacial score (nSPS) is 11.0. The van der Waals surface area contributed by atoms with Crippen molar-refractivity contribution in [3.8, 4) is 5.69 Å². The van der Waals surface area contributed by atoms with Crippen LogP contribution in [0.2, 0.25) is 5.15 Å². The molecule has 0 fully saturated rings. The Kier molecular flexibility index (Phi) is 3.85. The van der Waals surface area contributed by atoms with Gasteiger partial charge in [0.1, 0.15) is 10.7 Å². The Morgan fingerprint density at radius 3 is 2.77 bits per heavy atom. The highest BCUT2D eigenvalue weighted by Gasteiger charge is 2.21. The molecule has 0 radical (unpaired) electrons. The SMILES string of the molecule is Cc1nn(-c2ccccc2)c(Cl)c1C(=O)Nc1ccc2oc(=O)[nH]c2c1. The first-order valence-electron chi connectivity index (χ1n) is 7.78. The van der Waals surface area contributed by atoms with Gasteiger partial charge in [0.15, 0.2) is 5.58 Å². The standard InChI is InChI=1S/C18H13ClN4O3/c1-10-15(16(19)23(22-10)12-5-3-2-4-6-12)17(24)20-11-7-8-14-13(9-11)21-18(25)26-14/h2-9H,1H3,(H,20,24)(H,21,25). The fraction of sp³-hybridized carbons (Fsp3) is 0.0556. The van der Waals surface area contributed by atoms with Crippen molar-refractivity contribution in [3.63, 3.8) is 0 Å². The van der Waals surface area contributed by atoms with E-state index in [0.29, 0.717) is 22.5 Å². The number of anilines is 1. The molecule has 26 heavy (non-hydrogen) atoms. The number of benzene rings is 2. The van der Waals surface area contributed by atoms with E-state index in [1.165, 1.54) is 4.68 Å². The van der Waals surface area contributed by atoms with Crippen LogP contribution in [0.1, 0.15) is 16.1 Å². The summed E-state index contributed by atoms with van der Waals surface area (Å²) in [5.41, 5.74) is 2.97. The molecule has 4 aromatic rings. The smallest absolute Gasteiger partial charge is 0.408 e. The predicted octanol–water partition coefficient (Wildman–Crippen LogP) is 3.52. The van der Waals surface area contributed by atoms with Crippen molar-refractivity contribution in [2.24, 2.45) is 0 Å². The van der Waals surface area contributed by atoms with Gasteiger partial charge in [-0.15, -0.1) is 0 Å². The zero-order valence-corrected chi connectivity index (χ0v) is 14.4. The van der Waals surface area contributed by atoms with Crippen molar-refractivity contribution in [1.82, 2.24) is 14.8 Å². The lowest BCUT2D eigenvalue weighted by molar-refractivity contribution is 0.102. The third-order valence-corrected chi connectivity index (χ3v) is 4.26. The average molecular weight is 369 g/mol. The number of fused-ring (bicyclic) bond motifs is 1. The molecule has 0 aliphatic heterocycles. The summed E-state index contributed by atoms with van der Waals surface area (Å²) in [6, 6.07) is 14.2. The number of aromatic nitrogens is 3. The minimum absolute atomic E-state index is 0.226. The minimum Gasteiger partial charge on any atom is -0.408 e. The van der Waals surface area contributed by atoms with Crippen LogP contribution >= 0.6 is 11.6 Å². The third kappa shape index (κ3) is 2.78. The largest absolute Gasteiger partial charge is 0.417 e. The first-order chi connectivity index (χ1) is 12.5. The third-order valence-electron chi connectivity index (χ3n) is 3.91. The van der Waals surface area contributed by atoms with Gasteiger partial charge in [0.05, 0.1) is 16.9 Å². The number of H-pyrrole nitrogens is 1. The number of hydrogen-bond donors (Lipinski definition) is 2. The van der Waals surface area contributed by atoms with Crippen LogP contribution in [-0.2, 0) is 0 Å². The van der Waals surface area contributed by atoms with Gasteiger partial charge in [-0.1, -0.05) is 29.8 Å². The Balaban J connectivity index is 1.67. The van der Waals surface area contributed by atoms with Crippen LogP contribution in [0.25, 0.3) is 16.8 Å². The summed E-state index contributed by atoms with van der Waals surface area (Å²) >= 11 is 6.40. The maximum absolute atomic E-state index is 12.7. The number of hydrogen-bond acceptors (Lipinski definition) is 4. The number of para-hydroxylation sites is 1. The number of nitrogens with one attached hydrogen (secondary N) is 2. The van der Waals surface area contributed by atoms with Crippen molar-refractivity contribution < 1.29 is 9.21 Å². The maximum atomic E-state index is 12.7. The van der Waals surface area contributed by atoms with Crippen LogP contribution in [0.3, 0.4) is 0 Å². The highest BCUT2D eigenvalue weighted by atomic mass is 35.5. The van der Waals surface area contributed by atoms with Gasteiger partial charge in [-0.3, -0.25) is 9.78 Å². The second kappa shape index (κ2) is 6.20. The lowest BCUT2D eigenvalue weighted by Gasteiger charge is -2.05. The molecule has 0 spiro atoms. The quantitative estimate of drug-likeness (QED) is 0.578. The molecule has 0 saturated heterocycles. The highest BCUT2D eigenvalue weighted by molar-refractivity contribution is 6.34. The summed E-state index contributed by atoms with van der Waals surface area (Å²) in [5.74, 6) is -0.939. The van der Waals surface area contributed by atoms with Crippen molar-refractivity contribution in [2.75, 3.05) is 5.32 Å². The Labute approximate surface area is 152 Å². The van der Waals surface area contributed by atoms with Crippen LogP contribution in [0.5, 0.6) is 0 Å². The Hall–Kier alpha value is -3.32. The second-order valence-electron chi connectivity index (χ2n) is 5.68. The Morgan fingerprint density at radius 1 is 1.23 bits per heavy atom. The summed E-state index contributed by atoms with van der Waals surface area (Å²) < 4.78 is 6.46. The molecule has 8 heteroatoms. The van der Waals surface area contributed by atoms with Crippen molar-refractivity contribution >= 4 is 34.3 Å². The molecule has 0 aliphatic carbocycles. The number of carbonyl (C=O) groups excluding carboxylic acids is 1. The van der Waals surface area contributed by atoms with Crippen LogP contribution in [0.4, 0.5) is 5.69 Å². The van der Waals surface area contributed by atoms with Gasteiger partial charge in [-0.05, 0) is 37.3 Å². The second-order valence-corrected chi connectivity index (χ2v) is 6.04. The van der Waals surface area contributed by atoms with Gasteiger partial charge in [0.2, 0.25) is 0 Å². The number of carbonyl (C=O) groups is 1. The van der Waals surface area contributed by atoms with Crippen LogP contribution in [0.15, 0.2) is 57.7 Å². The molecule has 0 unspecified atom stereocenters. The van der Waals surface area contributed by atoms with Crippen molar-refractivity contribution in [1.29, 1.82) is 0 Å². The summed E-state index contributed by atoms with van der Waals surface area (Å²) in [5, 5.41) is 7.35. The maximum Gasteiger partial charge on any atom is 0.417 e. The van der Waals surface area contributed by atoms with Gasteiger partial charge in [0, 0.05) is 5.69 Å². The Bertz CT molecular complexity index is 1170. The molecular formula is C18H13ClN4O3. The van der Waals surface area contributed by atoms with E-state index in [2.05, 4.69) is 15.4 Å². The molecule has 2 N–H and O–H groups in total. The molecule has 130 valence electrons. The molecule has 0 saturated carbocycles. The van der Waals surface area contributed by atoms with Crippen molar-refractivity contribution in [2.45, 2.75) is 6.92 Å². The molecule has 7 nitrogen and oxygen atoms in total. The van der Waals surface area contributed by atoms with Gasteiger partial charge >= 0.3 is 5.76 Å². The number of aryl methyl sites for hydroxylation is 1. The van der Waals surface area contributed by atoms with Gasteiger partial charge in [0.25, 0.3) is 5.91 Å². The molecule has 0 bridgehead atoms.